The van der Waals surface area contributed by atoms with Gasteiger partial charge in [0.25, 0.3) is 0 Å². The molecule has 0 aliphatic rings. The van der Waals surface area contributed by atoms with Crippen molar-refractivity contribution in [1.29, 1.82) is 0 Å². The second-order valence-electron chi connectivity index (χ2n) is 9.98. The third-order valence-electron chi connectivity index (χ3n) is 6.52. The van der Waals surface area contributed by atoms with Gasteiger partial charge >= 0.3 is 5.97 Å². The number of phenolic OH excluding ortho intramolecular Hbond substituents is 1. The van der Waals surface area contributed by atoms with Crippen LogP contribution in [0, 0.1) is 0 Å². The number of carboxylic acid groups (broad SMARTS) is 1. The molecular weight excluding hydrogens is 544 g/mol. The van der Waals surface area contributed by atoms with Crippen molar-refractivity contribution in [2.45, 2.75) is 69.1 Å². The van der Waals surface area contributed by atoms with Crippen LogP contribution in [-0.2, 0) is 36.8 Å². The van der Waals surface area contributed by atoms with Gasteiger partial charge in [-0.15, -0.1) is 0 Å². The lowest BCUT2D eigenvalue weighted by Crippen LogP contribution is -2.57. The Balaban J connectivity index is 2.23. The lowest BCUT2D eigenvalue weighted by Gasteiger charge is -2.25. The molecule has 4 amide bonds. The second-order valence-corrected chi connectivity index (χ2v) is 9.98. The highest BCUT2D eigenvalue weighted by atomic mass is 16.4. The van der Waals surface area contributed by atoms with E-state index in [1.807, 2.05) is 30.3 Å². The summed E-state index contributed by atoms with van der Waals surface area (Å²) in [5.41, 5.74) is 18.3. The molecule has 2 aromatic rings. The third-order valence-corrected chi connectivity index (χ3v) is 6.52. The van der Waals surface area contributed by atoms with Gasteiger partial charge in [0.15, 0.2) is 0 Å². The summed E-state index contributed by atoms with van der Waals surface area (Å²) in [7, 11) is 0. The highest BCUT2D eigenvalue weighted by Gasteiger charge is 2.30. The van der Waals surface area contributed by atoms with E-state index in [1.165, 1.54) is 12.1 Å². The maximum Gasteiger partial charge on any atom is 0.326 e. The zero-order chi connectivity index (χ0) is 31.1. The van der Waals surface area contributed by atoms with E-state index in [0.717, 1.165) is 5.56 Å². The van der Waals surface area contributed by atoms with Crippen molar-refractivity contribution >= 4 is 29.6 Å². The van der Waals surface area contributed by atoms with Crippen LogP contribution in [-0.4, -0.2) is 70.5 Å². The minimum absolute atomic E-state index is 0.0105. The predicted molar refractivity (Wildman–Crippen MR) is 155 cm³/mol. The first kappa shape index (κ1) is 33.7. The summed E-state index contributed by atoms with van der Waals surface area (Å²) in [4.78, 5) is 62.8. The molecule has 0 heterocycles. The second kappa shape index (κ2) is 17.4. The van der Waals surface area contributed by atoms with Crippen molar-refractivity contribution in [2.75, 3.05) is 6.54 Å². The maximum atomic E-state index is 13.5. The number of rotatable bonds is 18. The number of carboxylic acids is 1. The van der Waals surface area contributed by atoms with Crippen LogP contribution in [0.4, 0.5) is 0 Å². The van der Waals surface area contributed by atoms with E-state index in [4.69, 9.17) is 17.2 Å². The van der Waals surface area contributed by atoms with E-state index in [2.05, 4.69) is 16.0 Å². The third kappa shape index (κ3) is 11.9. The van der Waals surface area contributed by atoms with Gasteiger partial charge < -0.3 is 43.4 Å². The lowest BCUT2D eigenvalue weighted by atomic mass is 10.0. The van der Waals surface area contributed by atoms with Crippen LogP contribution < -0.4 is 33.2 Å². The largest absolute Gasteiger partial charge is 0.508 e. The van der Waals surface area contributed by atoms with Gasteiger partial charge in [-0.25, -0.2) is 4.79 Å². The van der Waals surface area contributed by atoms with Gasteiger partial charge in [-0.1, -0.05) is 42.5 Å². The molecule has 0 aromatic heterocycles. The van der Waals surface area contributed by atoms with Crippen molar-refractivity contribution < 1.29 is 34.2 Å². The number of primary amides is 1. The Morgan fingerprint density at radius 3 is 1.88 bits per heavy atom. The number of nitrogens with two attached hydrogens (primary N) is 3. The Labute approximate surface area is 244 Å². The molecule has 0 fully saturated rings. The van der Waals surface area contributed by atoms with Gasteiger partial charge in [-0.05, 0) is 61.9 Å². The van der Waals surface area contributed by atoms with Gasteiger partial charge in [-0.2, -0.15) is 0 Å². The minimum Gasteiger partial charge on any atom is -0.508 e. The fraction of sp³-hybridized carbons (Fsp3) is 0.414. The number of nitrogens with one attached hydrogen (secondary N) is 3. The SMILES string of the molecule is NCCCCC(NC(=O)C(CCC(N)=O)NC(=O)C(Cc1ccc(O)cc1)NC(=O)C(N)Cc1ccccc1)C(=O)O. The Kier molecular flexibility index (Phi) is 13.9. The summed E-state index contributed by atoms with van der Waals surface area (Å²) >= 11 is 0. The van der Waals surface area contributed by atoms with E-state index in [-0.39, 0.29) is 37.9 Å². The number of aliphatic carboxylic acids is 1. The Hall–Kier alpha value is -4.49. The monoisotopic (exact) mass is 584 g/mol. The predicted octanol–water partition coefficient (Wildman–Crippen LogP) is -0.562. The molecule has 0 saturated carbocycles. The van der Waals surface area contributed by atoms with E-state index >= 15 is 0 Å². The van der Waals surface area contributed by atoms with Gasteiger partial charge in [0.2, 0.25) is 23.6 Å². The maximum absolute atomic E-state index is 13.5. The zero-order valence-corrected chi connectivity index (χ0v) is 23.3. The average molecular weight is 585 g/mol. The number of aromatic hydroxyl groups is 1. The summed E-state index contributed by atoms with van der Waals surface area (Å²) in [5, 5.41) is 26.7. The lowest BCUT2D eigenvalue weighted by molar-refractivity contribution is -0.142. The first-order chi connectivity index (χ1) is 20.0. The summed E-state index contributed by atoms with van der Waals surface area (Å²) < 4.78 is 0. The van der Waals surface area contributed by atoms with Gasteiger partial charge in [-0.3, -0.25) is 19.2 Å². The molecule has 0 aliphatic heterocycles. The van der Waals surface area contributed by atoms with Crippen molar-refractivity contribution in [3.05, 3.63) is 65.7 Å². The van der Waals surface area contributed by atoms with Crippen LogP contribution in [0.15, 0.2) is 54.6 Å². The van der Waals surface area contributed by atoms with Crippen molar-refractivity contribution in [1.82, 2.24) is 16.0 Å². The van der Waals surface area contributed by atoms with Gasteiger partial charge in [0.05, 0.1) is 6.04 Å². The quantitative estimate of drug-likeness (QED) is 0.105. The standard InChI is InChI=1S/C29H40N6O7/c30-15-5-4-8-23(29(41)42)34-27(39)22(13-14-25(32)37)33-28(40)24(17-19-9-11-20(36)12-10-19)35-26(38)21(31)16-18-6-2-1-3-7-18/h1-3,6-7,9-12,21-24,36H,4-5,8,13-17,30-31H2,(H2,32,37)(H,33,40)(H,34,39)(H,35,38)(H,41,42). The molecule has 0 spiro atoms. The molecule has 0 saturated heterocycles. The van der Waals surface area contributed by atoms with Crippen molar-refractivity contribution in [2.24, 2.45) is 17.2 Å². The number of unbranched alkanes of at least 4 members (excludes halogenated alkanes) is 1. The average Bonchev–Trinajstić information content (AvgIpc) is 2.95. The molecule has 2 rings (SSSR count). The fourth-order valence-electron chi connectivity index (χ4n) is 4.17. The molecule has 11 N–H and O–H groups in total. The molecule has 42 heavy (non-hydrogen) atoms. The number of hydrogen-bond acceptors (Lipinski definition) is 8. The van der Waals surface area contributed by atoms with Crippen molar-refractivity contribution in [3.8, 4) is 5.75 Å². The first-order valence-corrected chi connectivity index (χ1v) is 13.7. The summed E-state index contributed by atoms with van der Waals surface area (Å²) in [6, 6.07) is 10.3. The van der Waals surface area contributed by atoms with Crippen LogP contribution in [0.5, 0.6) is 5.75 Å². The van der Waals surface area contributed by atoms with Crippen LogP contribution in [0.1, 0.15) is 43.2 Å². The van der Waals surface area contributed by atoms with E-state index in [1.54, 1.807) is 12.1 Å². The van der Waals surface area contributed by atoms with Crippen LogP contribution in [0.3, 0.4) is 0 Å². The Morgan fingerprint density at radius 1 is 0.714 bits per heavy atom. The number of carbonyl (C=O) groups excluding carboxylic acids is 4. The molecule has 228 valence electrons. The van der Waals surface area contributed by atoms with Gasteiger partial charge in [0, 0.05) is 12.8 Å². The van der Waals surface area contributed by atoms with Crippen molar-refractivity contribution in [3.63, 3.8) is 0 Å². The molecule has 4 unspecified atom stereocenters. The van der Waals surface area contributed by atoms with Crippen LogP contribution in [0.25, 0.3) is 0 Å². The summed E-state index contributed by atoms with van der Waals surface area (Å²) in [5.74, 6) is -4.16. The van der Waals surface area contributed by atoms with E-state index in [0.29, 0.717) is 24.9 Å². The topological polar surface area (TPSA) is 240 Å². The smallest absolute Gasteiger partial charge is 0.326 e. The zero-order valence-electron chi connectivity index (χ0n) is 23.3. The fourth-order valence-corrected chi connectivity index (χ4v) is 4.17. The van der Waals surface area contributed by atoms with E-state index < -0.39 is 53.8 Å². The molecule has 2 aromatic carbocycles. The number of benzene rings is 2. The number of hydrogen-bond donors (Lipinski definition) is 8. The molecule has 13 nitrogen and oxygen atoms in total. The first-order valence-electron chi connectivity index (χ1n) is 13.7. The Morgan fingerprint density at radius 2 is 1.29 bits per heavy atom. The molecule has 4 atom stereocenters. The summed E-state index contributed by atoms with van der Waals surface area (Å²) in [6.45, 7) is 0.362. The number of amides is 4. The van der Waals surface area contributed by atoms with Gasteiger partial charge in [0.1, 0.15) is 23.9 Å². The van der Waals surface area contributed by atoms with E-state index in [9.17, 15) is 34.2 Å². The normalized spacial score (nSPS) is 13.7. The molecule has 0 bridgehead atoms. The molecule has 13 heteroatoms. The van der Waals surface area contributed by atoms with Crippen LogP contribution >= 0.6 is 0 Å². The summed E-state index contributed by atoms with van der Waals surface area (Å²) in [6.07, 6.45) is 0.868. The molecular formula is C29H40N6O7. The number of carbonyl (C=O) groups is 5. The minimum atomic E-state index is -1.32. The highest BCUT2D eigenvalue weighted by Crippen LogP contribution is 2.13. The Bertz CT molecular complexity index is 1190. The number of phenols is 1. The van der Waals surface area contributed by atoms with Crippen LogP contribution in [0.2, 0.25) is 0 Å². The molecule has 0 aliphatic carbocycles. The highest BCUT2D eigenvalue weighted by molar-refractivity contribution is 5.94. The molecule has 0 radical (unpaired) electrons.